The Bertz CT molecular complexity index is 468. The standard InChI is InChI=1S/C14H19NO4/c1-14(2,13(17)19-4)9-15-11-8-6-5-7-10(11)12(16)18-3/h5-8,15H,9H2,1-4H3. The first-order valence-corrected chi connectivity index (χ1v) is 5.92. The van der Waals surface area contributed by atoms with Gasteiger partial charge in [0.2, 0.25) is 0 Å². The van der Waals surface area contributed by atoms with Crippen LogP contribution in [0, 0.1) is 5.41 Å². The van der Waals surface area contributed by atoms with Crippen molar-refractivity contribution in [2.75, 3.05) is 26.1 Å². The van der Waals surface area contributed by atoms with Gasteiger partial charge in [0.25, 0.3) is 0 Å². The molecule has 0 bridgehead atoms. The highest BCUT2D eigenvalue weighted by atomic mass is 16.5. The number of methoxy groups -OCH3 is 2. The number of nitrogens with one attached hydrogen (secondary N) is 1. The number of hydrogen-bond donors (Lipinski definition) is 1. The summed E-state index contributed by atoms with van der Waals surface area (Å²) in [4.78, 5) is 23.2. The lowest BCUT2D eigenvalue weighted by molar-refractivity contribution is -0.149. The molecular formula is C14H19NO4. The third kappa shape index (κ3) is 3.71. The van der Waals surface area contributed by atoms with Crippen molar-refractivity contribution in [3.8, 4) is 0 Å². The van der Waals surface area contributed by atoms with E-state index in [9.17, 15) is 9.59 Å². The van der Waals surface area contributed by atoms with Crippen LogP contribution in [0.3, 0.4) is 0 Å². The number of carbonyl (C=O) groups excluding carboxylic acids is 2. The van der Waals surface area contributed by atoms with Crippen LogP contribution in [0.15, 0.2) is 24.3 Å². The quantitative estimate of drug-likeness (QED) is 0.826. The minimum absolute atomic E-state index is 0.310. The summed E-state index contributed by atoms with van der Waals surface area (Å²) in [5.41, 5.74) is 0.384. The van der Waals surface area contributed by atoms with Crippen LogP contribution in [0.2, 0.25) is 0 Å². The fourth-order valence-electron chi connectivity index (χ4n) is 1.59. The lowest BCUT2D eigenvalue weighted by atomic mass is 9.93. The summed E-state index contributed by atoms with van der Waals surface area (Å²) in [6.45, 7) is 3.90. The lowest BCUT2D eigenvalue weighted by Gasteiger charge is -2.23. The van der Waals surface area contributed by atoms with Crippen molar-refractivity contribution in [3.63, 3.8) is 0 Å². The molecule has 0 aliphatic heterocycles. The molecular weight excluding hydrogens is 246 g/mol. The molecule has 0 heterocycles. The van der Waals surface area contributed by atoms with E-state index in [0.717, 1.165) is 0 Å². The maximum absolute atomic E-state index is 11.6. The van der Waals surface area contributed by atoms with Crippen molar-refractivity contribution >= 4 is 17.6 Å². The van der Waals surface area contributed by atoms with Crippen molar-refractivity contribution in [2.24, 2.45) is 5.41 Å². The van der Waals surface area contributed by atoms with E-state index in [1.54, 1.807) is 38.1 Å². The zero-order valence-corrected chi connectivity index (χ0v) is 11.6. The highest BCUT2D eigenvalue weighted by molar-refractivity contribution is 5.95. The molecule has 5 heteroatoms. The molecule has 1 aromatic rings. The molecule has 5 nitrogen and oxygen atoms in total. The van der Waals surface area contributed by atoms with Crippen LogP contribution >= 0.6 is 0 Å². The molecule has 0 aromatic heterocycles. The van der Waals surface area contributed by atoms with Crippen LogP contribution in [-0.2, 0) is 14.3 Å². The zero-order valence-electron chi connectivity index (χ0n) is 11.6. The van der Waals surface area contributed by atoms with Crippen LogP contribution < -0.4 is 5.32 Å². The minimum atomic E-state index is -0.683. The van der Waals surface area contributed by atoms with Crippen LogP contribution in [0.25, 0.3) is 0 Å². The van der Waals surface area contributed by atoms with Gasteiger partial charge in [-0.3, -0.25) is 4.79 Å². The Morgan fingerprint density at radius 2 is 1.79 bits per heavy atom. The number of esters is 2. The van der Waals surface area contributed by atoms with Crippen LogP contribution in [0.5, 0.6) is 0 Å². The smallest absolute Gasteiger partial charge is 0.339 e. The molecule has 19 heavy (non-hydrogen) atoms. The van der Waals surface area contributed by atoms with Crippen molar-refractivity contribution in [1.82, 2.24) is 0 Å². The lowest BCUT2D eigenvalue weighted by Crippen LogP contribution is -2.33. The Morgan fingerprint density at radius 3 is 2.37 bits per heavy atom. The fourth-order valence-corrected chi connectivity index (χ4v) is 1.59. The van der Waals surface area contributed by atoms with Gasteiger partial charge in [-0.15, -0.1) is 0 Å². The van der Waals surface area contributed by atoms with Crippen molar-refractivity contribution < 1.29 is 19.1 Å². The topological polar surface area (TPSA) is 64.6 Å². The molecule has 0 saturated carbocycles. The van der Waals surface area contributed by atoms with Gasteiger partial charge in [-0.25, -0.2) is 4.79 Å². The number of ether oxygens (including phenoxy) is 2. The van der Waals surface area contributed by atoms with Crippen LogP contribution in [-0.4, -0.2) is 32.7 Å². The Hall–Kier alpha value is -2.04. The van der Waals surface area contributed by atoms with Crippen LogP contribution in [0.1, 0.15) is 24.2 Å². The first-order valence-electron chi connectivity index (χ1n) is 5.92. The van der Waals surface area contributed by atoms with E-state index in [4.69, 9.17) is 9.47 Å². The first kappa shape index (κ1) is 15.0. The SMILES string of the molecule is COC(=O)c1ccccc1NCC(C)(C)C(=O)OC. The monoisotopic (exact) mass is 265 g/mol. The maximum atomic E-state index is 11.6. The summed E-state index contributed by atoms with van der Waals surface area (Å²) in [6, 6.07) is 6.99. The van der Waals surface area contributed by atoms with Gasteiger partial charge in [-0.2, -0.15) is 0 Å². The Balaban J connectivity index is 2.84. The molecule has 0 spiro atoms. The second kappa shape index (κ2) is 6.22. The number of anilines is 1. The second-order valence-corrected chi connectivity index (χ2v) is 4.77. The van der Waals surface area contributed by atoms with E-state index < -0.39 is 11.4 Å². The molecule has 0 aliphatic carbocycles. The number of rotatable bonds is 5. The number of para-hydroxylation sites is 1. The van der Waals surface area contributed by atoms with E-state index in [1.807, 2.05) is 0 Å². The summed E-state index contributed by atoms with van der Waals surface area (Å²) < 4.78 is 9.44. The summed E-state index contributed by atoms with van der Waals surface area (Å²) >= 11 is 0. The van der Waals surface area contributed by atoms with Gasteiger partial charge in [0.1, 0.15) is 0 Å². The van der Waals surface area contributed by atoms with Gasteiger partial charge in [0.05, 0.1) is 25.2 Å². The van der Waals surface area contributed by atoms with Gasteiger partial charge in [-0.05, 0) is 26.0 Å². The van der Waals surface area contributed by atoms with E-state index in [1.165, 1.54) is 14.2 Å². The average Bonchev–Trinajstić information content (AvgIpc) is 2.43. The van der Waals surface area contributed by atoms with Gasteiger partial charge < -0.3 is 14.8 Å². The van der Waals surface area contributed by atoms with E-state index in [-0.39, 0.29) is 5.97 Å². The third-order valence-electron chi connectivity index (χ3n) is 2.79. The molecule has 0 radical (unpaired) electrons. The summed E-state index contributed by atoms with van der Waals surface area (Å²) in [7, 11) is 2.68. The normalized spacial score (nSPS) is 10.7. The van der Waals surface area contributed by atoms with Crippen molar-refractivity contribution in [3.05, 3.63) is 29.8 Å². The molecule has 0 unspecified atom stereocenters. The molecule has 1 rings (SSSR count). The largest absolute Gasteiger partial charge is 0.469 e. The van der Waals surface area contributed by atoms with Crippen molar-refractivity contribution in [2.45, 2.75) is 13.8 Å². The molecule has 0 atom stereocenters. The number of benzene rings is 1. The average molecular weight is 265 g/mol. The van der Waals surface area contributed by atoms with Crippen LogP contribution in [0.4, 0.5) is 5.69 Å². The van der Waals surface area contributed by atoms with Gasteiger partial charge in [-0.1, -0.05) is 12.1 Å². The second-order valence-electron chi connectivity index (χ2n) is 4.77. The van der Waals surface area contributed by atoms with Crippen molar-refractivity contribution in [1.29, 1.82) is 0 Å². The molecule has 0 saturated heterocycles. The first-order chi connectivity index (χ1) is 8.92. The highest BCUT2D eigenvalue weighted by Gasteiger charge is 2.28. The molecule has 0 fully saturated rings. The molecule has 0 amide bonds. The fraction of sp³-hybridized carbons (Fsp3) is 0.429. The summed E-state index contributed by atoms with van der Waals surface area (Å²) in [6.07, 6.45) is 0. The van der Waals surface area contributed by atoms with E-state index in [0.29, 0.717) is 17.8 Å². The molecule has 1 aromatic carbocycles. The Kier molecular flexibility index (Phi) is 4.92. The minimum Gasteiger partial charge on any atom is -0.469 e. The van der Waals surface area contributed by atoms with E-state index >= 15 is 0 Å². The van der Waals surface area contributed by atoms with E-state index in [2.05, 4.69) is 5.32 Å². The zero-order chi connectivity index (χ0) is 14.5. The summed E-state index contributed by atoms with van der Waals surface area (Å²) in [5.74, 6) is -0.727. The third-order valence-corrected chi connectivity index (χ3v) is 2.79. The maximum Gasteiger partial charge on any atom is 0.339 e. The molecule has 104 valence electrons. The molecule has 1 N–H and O–H groups in total. The van der Waals surface area contributed by atoms with Gasteiger partial charge in [0.15, 0.2) is 0 Å². The number of hydrogen-bond acceptors (Lipinski definition) is 5. The van der Waals surface area contributed by atoms with Gasteiger partial charge >= 0.3 is 11.9 Å². The highest BCUT2D eigenvalue weighted by Crippen LogP contribution is 2.21. The predicted octanol–water partition coefficient (Wildman–Crippen LogP) is 2.08. The number of carbonyl (C=O) groups is 2. The van der Waals surface area contributed by atoms with Gasteiger partial charge in [0, 0.05) is 12.2 Å². The predicted molar refractivity (Wildman–Crippen MR) is 72.1 cm³/mol. The Labute approximate surface area is 112 Å². The molecule has 0 aliphatic rings. The summed E-state index contributed by atoms with van der Waals surface area (Å²) in [5, 5.41) is 3.08. The Morgan fingerprint density at radius 1 is 1.16 bits per heavy atom.